The van der Waals surface area contributed by atoms with Crippen molar-refractivity contribution in [3.05, 3.63) is 28.4 Å². The van der Waals surface area contributed by atoms with Crippen LogP contribution in [0.4, 0.5) is 11.5 Å². The lowest BCUT2D eigenvalue weighted by molar-refractivity contribution is -0.385. The average molecular weight is 371 g/mol. The Morgan fingerprint density at radius 1 is 1.38 bits per heavy atom. The van der Waals surface area contributed by atoms with Gasteiger partial charge >= 0.3 is 0 Å². The van der Waals surface area contributed by atoms with Crippen molar-refractivity contribution in [2.45, 2.75) is 37.4 Å². The van der Waals surface area contributed by atoms with Crippen LogP contribution in [0.2, 0.25) is 0 Å². The molecule has 0 aliphatic carbocycles. The van der Waals surface area contributed by atoms with Crippen LogP contribution in [-0.2, 0) is 4.79 Å². The zero-order valence-corrected chi connectivity index (χ0v) is 15.0. The number of nitrogens with zero attached hydrogens (tertiary/aromatic N) is 2. The number of anilines is 1. The van der Waals surface area contributed by atoms with Crippen molar-refractivity contribution >= 4 is 39.0 Å². The van der Waals surface area contributed by atoms with Crippen LogP contribution in [0.3, 0.4) is 0 Å². The molecule has 7 nitrogen and oxygen atoms in total. The molecule has 1 aliphatic heterocycles. The van der Waals surface area contributed by atoms with E-state index < -0.39 is 4.92 Å². The van der Waals surface area contributed by atoms with Crippen molar-refractivity contribution in [2.24, 2.45) is 0 Å². The largest absolute Gasteiger partial charge is 0.368 e. The minimum Gasteiger partial charge on any atom is -0.368 e. The number of nitro groups is 1. The van der Waals surface area contributed by atoms with Crippen LogP contribution in [0.5, 0.6) is 0 Å². The molecule has 9 heteroatoms. The summed E-state index contributed by atoms with van der Waals surface area (Å²) in [7, 11) is 3.94. The fourth-order valence-corrected chi connectivity index (χ4v) is 5.33. The van der Waals surface area contributed by atoms with Crippen LogP contribution < -0.4 is 10.6 Å². The quantitative estimate of drug-likeness (QED) is 0.282. The van der Waals surface area contributed by atoms with Gasteiger partial charge in [-0.05, 0) is 25.3 Å². The third-order valence-electron chi connectivity index (χ3n) is 3.62. The van der Waals surface area contributed by atoms with E-state index in [1.807, 2.05) is 21.6 Å². The summed E-state index contributed by atoms with van der Waals surface area (Å²) in [6, 6.07) is 2.95. The first-order valence-corrected chi connectivity index (χ1v) is 10.4. The van der Waals surface area contributed by atoms with Crippen LogP contribution in [0, 0.1) is 10.1 Å². The second-order valence-electron chi connectivity index (χ2n) is 5.51. The van der Waals surface area contributed by atoms with E-state index in [2.05, 4.69) is 15.6 Å². The van der Waals surface area contributed by atoms with Gasteiger partial charge in [-0.2, -0.15) is 0 Å². The lowest BCUT2D eigenvalue weighted by Crippen LogP contribution is -2.28. The number of nitrogens with one attached hydrogen (secondary N) is 2. The summed E-state index contributed by atoms with van der Waals surface area (Å²) in [5.74, 6) is 1.88. The van der Waals surface area contributed by atoms with Crippen LogP contribution in [0.25, 0.3) is 0 Å². The summed E-state index contributed by atoms with van der Waals surface area (Å²) in [5, 5.41) is 17.2. The van der Waals surface area contributed by atoms with Crippen LogP contribution in [-0.4, -0.2) is 39.9 Å². The van der Waals surface area contributed by atoms with Gasteiger partial charge in [-0.25, -0.2) is 4.98 Å². The first-order chi connectivity index (χ1) is 11.6. The Hall–Kier alpha value is -1.48. The molecule has 1 fully saturated rings. The normalized spacial score (nSPS) is 16.8. The van der Waals surface area contributed by atoms with Gasteiger partial charge in [0.15, 0.2) is 0 Å². The minimum atomic E-state index is -0.485. The molecular formula is C15H22N4O3S2. The van der Waals surface area contributed by atoms with Crippen molar-refractivity contribution in [1.29, 1.82) is 0 Å². The summed E-state index contributed by atoms with van der Waals surface area (Å²) in [6.45, 7) is 1.04. The van der Waals surface area contributed by atoms with Gasteiger partial charge in [0.1, 0.15) is 12.0 Å². The van der Waals surface area contributed by atoms with Gasteiger partial charge in [0.2, 0.25) is 5.91 Å². The van der Waals surface area contributed by atoms with Gasteiger partial charge < -0.3 is 10.6 Å². The molecule has 1 aromatic heterocycles. The molecule has 1 aromatic rings. The third-order valence-corrected chi connectivity index (χ3v) is 6.63. The number of hydrogen-bond acceptors (Lipinski definition) is 7. The molecule has 24 heavy (non-hydrogen) atoms. The Balaban J connectivity index is 1.50. The standard InChI is InChI=1S/C15H22N4O3S2/c20-15(4-2-1-3-13-7-10-23-24-13)17-9-8-16-14-6-5-12(11-18-14)19(21)22/h5-6,11,13H,1-4,7-10H2,(H,16,18)(H,17,20). The van der Waals surface area contributed by atoms with Crippen molar-refractivity contribution in [3.63, 3.8) is 0 Å². The highest BCUT2D eigenvalue weighted by Crippen LogP contribution is 2.39. The zero-order valence-electron chi connectivity index (χ0n) is 13.4. The summed E-state index contributed by atoms with van der Waals surface area (Å²) >= 11 is 0. The maximum absolute atomic E-state index is 11.7. The number of carbonyl (C=O) groups excluding carboxylic acids is 1. The minimum absolute atomic E-state index is 0.0385. The number of unbranched alkanes of at least 4 members (excludes halogenated alkanes) is 1. The maximum Gasteiger partial charge on any atom is 0.287 e. The van der Waals surface area contributed by atoms with E-state index >= 15 is 0 Å². The fraction of sp³-hybridized carbons (Fsp3) is 0.600. The van der Waals surface area contributed by atoms with Crippen molar-refractivity contribution in [1.82, 2.24) is 10.3 Å². The van der Waals surface area contributed by atoms with E-state index in [1.54, 1.807) is 6.07 Å². The molecule has 1 aliphatic rings. The summed E-state index contributed by atoms with van der Waals surface area (Å²) in [6.07, 6.45) is 6.33. The highest BCUT2D eigenvalue weighted by Gasteiger charge is 2.15. The second-order valence-corrected chi connectivity index (χ2v) is 8.30. The third kappa shape index (κ3) is 6.96. The Labute approximate surface area is 149 Å². The maximum atomic E-state index is 11.7. The highest BCUT2D eigenvalue weighted by atomic mass is 33.1. The van der Waals surface area contributed by atoms with E-state index in [-0.39, 0.29) is 11.6 Å². The molecule has 1 unspecified atom stereocenters. The molecule has 0 bridgehead atoms. The predicted molar refractivity (Wildman–Crippen MR) is 99.3 cm³/mol. The van der Waals surface area contributed by atoms with E-state index in [0.717, 1.165) is 18.1 Å². The highest BCUT2D eigenvalue weighted by molar-refractivity contribution is 8.77. The van der Waals surface area contributed by atoms with Crippen LogP contribution >= 0.6 is 21.6 Å². The molecule has 1 atom stereocenters. The average Bonchev–Trinajstić information content (AvgIpc) is 3.09. The monoisotopic (exact) mass is 370 g/mol. The van der Waals surface area contributed by atoms with Crippen molar-refractivity contribution in [2.75, 3.05) is 24.2 Å². The summed E-state index contributed by atoms with van der Waals surface area (Å²) in [4.78, 5) is 25.7. The molecule has 0 aromatic carbocycles. The molecule has 1 saturated heterocycles. The predicted octanol–water partition coefficient (Wildman–Crippen LogP) is 3.23. The smallest absolute Gasteiger partial charge is 0.287 e. The Bertz CT molecular complexity index is 536. The fourth-order valence-electron chi connectivity index (χ4n) is 2.30. The molecule has 0 spiro atoms. The van der Waals surface area contributed by atoms with Gasteiger partial charge in [0.25, 0.3) is 5.69 Å². The molecular weight excluding hydrogens is 348 g/mol. The first kappa shape index (κ1) is 18.9. The zero-order chi connectivity index (χ0) is 17.2. The lowest BCUT2D eigenvalue weighted by Gasteiger charge is -2.08. The number of carbonyl (C=O) groups is 1. The Morgan fingerprint density at radius 2 is 2.25 bits per heavy atom. The van der Waals surface area contributed by atoms with Crippen LogP contribution in [0.1, 0.15) is 32.1 Å². The van der Waals surface area contributed by atoms with E-state index in [1.165, 1.54) is 30.9 Å². The van der Waals surface area contributed by atoms with Crippen LogP contribution in [0.15, 0.2) is 18.3 Å². The number of aromatic nitrogens is 1. The number of rotatable bonds is 10. The van der Waals surface area contributed by atoms with Gasteiger partial charge in [0.05, 0.1) is 4.92 Å². The van der Waals surface area contributed by atoms with E-state index in [0.29, 0.717) is 25.3 Å². The lowest BCUT2D eigenvalue weighted by atomic mass is 10.1. The van der Waals surface area contributed by atoms with Gasteiger partial charge in [-0.3, -0.25) is 14.9 Å². The SMILES string of the molecule is O=C(CCCCC1CCSS1)NCCNc1ccc([N+](=O)[O-])cn1. The molecule has 0 radical (unpaired) electrons. The van der Waals surface area contributed by atoms with Gasteiger partial charge in [-0.15, -0.1) is 0 Å². The number of hydrogen-bond donors (Lipinski definition) is 2. The molecule has 2 heterocycles. The van der Waals surface area contributed by atoms with E-state index in [9.17, 15) is 14.9 Å². The van der Waals surface area contributed by atoms with Gasteiger partial charge in [-0.1, -0.05) is 28.0 Å². The summed E-state index contributed by atoms with van der Waals surface area (Å²) < 4.78 is 0. The molecule has 1 amide bonds. The second kappa shape index (κ2) is 10.4. The van der Waals surface area contributed by atoms with Crippen molar-refractivity contribution < 1.29 is 9.72 Å². The van der Waals surface area contributed by atoms with E-state index in [4.69, 9.17) is 0 Å². The summed E-state index contributed by atoms with van der Waals surface area (Å²) in [5.41, 5.74) is -0.0385. The number of amides is 1. The number of pyridine rings is 1. The van der Waals surface area contributed by atoms with Crippen molar-refractivity contribution in [3.8, 4) is 0 Å². The topological polar surface area (TPSA) is 97.2 Å². The molecule has 2 rings (SSSR count). The molecule has 2 N–H and O–H groups in total. The Morgan fingerprint density at radius 3 is 2.92 bits per heavy atom. The molecule has 0 saturated carbocycles. The Kier molecular flexibility index (Phi) is 8.17. The molecule has 132 valence electrons. The first-order valence-electron chi connectivity index (χ1n) is 8.04. The van der Waals surface area contributed by atoms with Gasteiger partial charge in [0, 0.05) is 36.6 Å².